The average Bonchev–Trinajstić information content (AvgIpc) is 2.60. The zero-order valence-electron chi connectivity index (χ0n) is 13.7. The van der Waals surface area contributed by atoms with Crippen LogP contribution in [-0.2, 0) is 17.8 Å². The maximum Gasteiger partial charge on any atom is 0.165 e. The molecular weight excluding hydrogens is 292 g/mol. The van der Waals surface area contributed by atoms with Crippen LogP contribution in [0.4, 0.5) is 0 Å². The maximum atomic E-state index is 5.86. The smallest absolute Gasteiger partial charge is 0.165 e. The highest BCUT2D eigenvalue weighted by Gasteiger charge is 2.10. The van der Waals surface area contributed by atoms with Crippen LogP contribution >= 0.6 is 0 Å². The molecule has 124 valence electrons. The Morgan fingerprint density at radius 2 is 2.00 bits per heavy atom. The van der Waals surface area contributed by atoms with Crippen molar-refractivity contribution < 1.29 is 14.2 Å². The lowest BCUT2D eigenvalue weighted by molar-refractivity contribution is 0.108. The molecule has 1 heterocycles. The topological polar surface area (TPSA) is 52.6 Å². The Labute approximate surface area is 137 Å². The lowest BCUT2D eigenvalue weighted by Gasteiger charge is -2.15. The number of rotatable bonds is 10. The summed E-state index contributed by atoms with van der Waals surface area (Å²) in [5.74, 6) is 1.51. The number of aromatic nitrogens is 1. The molecule has 0 bridgehead atoms. The summed E-state index contributed by atoms with van der Waals surface area (Å²) >= 11 is 0. The van der Waals surface area contributed by atoms with Crippen molar-refractivity contribution in [2.45, 2.75) is 20.0 Å². The normalized spacial score (nSPS) is 10.5. The molecule has 0 aliphatic carbocycles. The molecule has 2 aromatic rings. The Balaban J connectivity index is 1.96. The van der Waals surface area contributed by atoms with Crippen LogP contribution in [0.5, 0.6) is 11.5 Å². The second-order valence-corrected chi connectivity index (χ2v) is 4.96. The van der Waals surface area contributed by atoms with Gasteiger partial charge in [0.25, 0.3) is 0 Å². The molecule has 0 unspecified atom stereocenters. The molecule has 0 aliphatic rings. The van der Waals surface area contributed by atoms with Crippen molar-refractivity contribution >= 4 is 0 Å². The van der Waals surface area contributed by atoms with Crippen LogP contribution < -0.4 is 14.8 Å². The second-order valence-electron chi connectivity index (χ2n) is 4.96. The minimum absolute atomic E-state index is 0.504. The number of pyridine rings is 1. The van der Waals surface area contributed by atoms with Gasteiger partial charge in [0.15, 0.2) is 11.5 Å². The Morgan fingerprint density at radius 1 is 1.09 bits per heavy atom. The van der Waals surface area contributed by atoms with Crippen LogP contribution in [0.2, 0.25) is 0 Å². The van der Waals surface area contributed by atoms with E-state index in [4.69, 9.17) is 14.2 Å². The fourth-order valence-electron chi connectivity index (χ4n) is 2.22. The molecule has 1 N–H and O–H groups in total. The lowest BCUT2D eigenvalue weighted by Crippen LogP contribution is -2.15. The second kappa shape index (κ2) is 9.82. The molecule has 0 amide bonds. The van der Waals surface area contributed by atoms with Crippen LogP contribution in [0, 0.1) is 0 Å². The molecule has 5 heteroatoms. The van der Waals surface area contributed by atoms with Crippen molar-refractivity contribution in [3.05, 3.63) is 53.9 Å². The zero-order valence-corrected chi connectivity index (χ0v) is 13.7. The van der Waals surface area contributed by atoms with Crippen LogP contribution in [-0.4, -0.2) is 31.9 Å². The molecule has 0 saturated heterocycles. The molecular formula is C18H24N2O3. The van der Waals surface area contributed by atoms with Gasteiger partial charge >= 0.3 is 0 Å². The predicted molar refractivity (Wildman–Crippen MR) is 89.8 cm³/mol. The van der Waals surface area contributed by atoms with Crippen LogP contribution in [0.15, 0.2) is 42.7 Å². The SMILES string of the molecule is CCOCCOc1c(CNCc2cccnc2)cccc1OC. The van der Waals surface area contributed by atoms with Crippen LogP contribution in [0.3, 0.4) is 0 Å². The van der Waals surface area contributed by atoms with Crippen LogP contribution in [0.25, 0.3) is 0 Å². The van der Waals surface area contributed by atoms with Gasteiger partial charge in [-0.1, -0.05) is 18.2 Å². The summed E-state index contributed by atoms with van der Waals surface area (Å²) in [6.07, 6.45) is 3.63. The van der Waals surface area contributed by atoms with E-state index in [2.05, 4.69) is 10.3 Å². The first-order valence-electron chi connectivity index (χ1n) is 7.81. The first kappa shape index (κ1) is 17.2. The number of nitrogens with zero attached hydrogens (tertiary/aromatic N) is 1. The Hall–Kier alpha value is -2.11. The summed E-state index contributed by atoms with van der Waals surface area (Å²) in [4.78, 5) is 4.11. The molecule has 1 aromatic heterocycles. The summed E-state index contributed by atoms with van der Waals surface area (Å²) in [5, 5.41) is 3.40. The molecule has 1 aromatic carbocycles. The summed E-state index contributed by atoms with van der Waals surface area (Å²) in [7, 11) is 1.65. The highest BCUT2D eigenvalue weighted by Crippen LogP contribution is 2.31. The lowest BCUT2D eigenvalue weighted by atomic mass is 10.1. The van der Waals surface area contributed by atoms with Gasteiger partial charge in [0.1, 0.15) is 6.61 Å². The van der Waals surface area contributed by atoms with E-state index in [1.165, 1.54) is 0 Å². The highest BCUT2D eigenvalue weighted by atomic mass is 16.5. The van der Waals surface area contributed by atoms with Crippen molar-refractivity contribution in [3.8, 4) is 11.5 Å². The summed E-state index contributed by atoms with van der Waals surface area (Å²) in [6, 6.07) is 9.89. The predicted octanol–water partition coefficient (Wildman–Crippen LogP) is 2.80. The van der Waals surface area contributed by atoms with E-state index in [1.807, 2.05) is 43.5 Å². The van der Waals surface area contributed by atoms with Crippen LogP contribution in [0.1, 0.15) is 18.1 Å². The van der Waals surface area contributed by atoms with Gasteiger partial charge < -0.3 is 19.5 Å². The number of methoxy groups -OCH3 is 1. The molecule has 23 heavy (non-hydrogen) atoms. The monoisotopic (exact) mass is 316 g/mol. The van der Waals surface area contributed by atoms with Gasteiger partial charge in [-0.25, -0.2) is 0 Å². The third-order valence-corrected chi connectivity index (χ3v) is 3.33. The molecule has 0 radical (unpaired) electrons. The third-order valence-electron chi connectivity index (χ3n) is 3.33. The Bertz CT molecular complexity index is 576. The number of hydrogen-bond acceptors (Lipinski definition) is 5. The summed E-state index contributed by atoms with van der Waals surface area (Å²) < 4.78 is 16.6. The molecule has 0 fully saturated rings. The fraction of sp³-hybridized carbons (Fsp3) is 0.389. The van der Waals surface area contributed by atoms with Crippen molar-refractivity contribution in [3.63, 3.8) is 0 Å². The van der Waals surface area contributed by atoms with Gasteiger partial charge in [0.2, 0.25) is 0 Å². The van der Waals surface area contributed by atoms with Crippen molar-refractivity contribution in [1.82, 2.24) is 10.3 Å². The molecule has 0 aliphatic heterocycles. The van der Waals surface area contributed by atoms with E-state index in [9.17, 15) is 0 Å². The van der Waals surface area contributed by atoms with Crippen molar-refractivity contribution in [2.24, 2.45) is 0 Å². The van der Waals surface area contributed by atoms with Gasteiger partial charge in [0.05, 0.1) is 13.7 Å². The van der Waals surface area contributed by atoms with Gasteiger partial charge in [-0.2, -0.15) is 0 Å². The Morgan fingerprint density at radius 3 is 2.74 bits per heavy atom. The van der Waals surface area contributed by atoms with Crippen molar-refractivity contribution in [1.29, 1.82) is 0 Å². The number of hydrogen-bond donors (Lipinski definition) is 1. The van der Waals surface area contributed by atoms with Gasteiger partial charge in [-0.3, -0.25) is 4.98 Å². The number of ether oxygens (including phenoxy) is 3. The quantitative estimate of drug-likeness (QED) is 0.683. The minimum atomic E-state index is 0.504. The fourth-order valence-corrected chi connectivity index (χ4v) is 2.22. The van der Waals surface area contributed by atoms with E-state index in [-0.39, 0.29) is 0 Å². The largest absolute Gasteiger partial charge is 0.493 e. The standard InChI is InChI=1S/C18H24N2O3/c1-3-22-10-11-23-18-16(7-4-8-17(18)21-2)14-20-13-15-6-5-9-19-12-15/h4-9,12,20H,3,10-11,13-14H2,1-2H3. The molecule has 0 atom stereocenters. The summed E-state index contributed by atoms with van der Waals surface area (Å²) in [5.41, 5.74) is 2.21. The molecule has 2 rings (SSSR count). The molecule has 0 spiro atoms. The van der Waals surface area contributed by atoms with Gasteiger partial charge in [-0.15, -0.1) is 0 Å². The van der Waals surface area contributed by atoms with E-state index >= 15 is 0 Å². The van der Waals surface area contributed by atoms with E-state index in [0.717, 1.165) is 29.2 Å². The number of nitrogens with one attached hydrogen (secondary N) is 1. The highest BCUT2D eigenvalue weighted by molar-refractivity contribution is 5.46. The Kier molecular flexibility index (Phi) is 7.36. The zero-order chi connectivity index (χ0) is 16.3. The maximum absolute atomic E-state index is 5.86. The van der Waals surface area contributed by atoms with E-state index < -0.39 is 0 Å². The van der Waals surface area contributed by atoms with Gasteiger partial charge in [0, 0.05) is 37.7 Å². The summed E-state index contributed by atoms with van der Waals surface area (Å²) in [6.45, 7) is 5.17. The minimum Gasteiger partial charge on any atom is -0.493 e. The van der Waals surface area contributed by atoms with Gasteiger partial charge in [-0.05, 0) is 24.6 Å². The first-order chi connectivity index (χ1) is 11.3. The molecule has 0 saturated carbocycles. The van der Waals surface area contributed by atoms with Crippen molar-refractivity contribution in [2.75, 3.05) is 26.9 Å². The first-order valence-corrected chi connectivity index (χ1v) is 7.81. The third kappa shape index (κ3) is 5.54. The number of para-hydroxylation sites is 1. The number of benzene rings is 1. The molecule has 5 nitrogen and oxygen atoms in total. The van der Waals surface area contributed by atoms with E-state index in [1.54, 1.807) is 13.3 Å². The average molecular weight is 316 g/mol. The van der Waals surface area contributed by atoms with E-state index in [0.29, 0.717) is 26.4 Å².